The van der Waals surface area contributed by atoms with Crippen molar-refractivity contribution in [2.45, 2.75) is 39.8 Å². The molecule has 1 N–H and O–H groups in total. The normalized spacial score (nSPS) is 15.7. The van der Waals surface area contributed by atoms with Crippen molar-refractivity contribution in [1.82, 2.24) is 19.8 Å². The Morgan fingerprint density at radius 2 is 2.04 bits per heavy atom. The van der Waals surface area contributed by atoms with Crippen LogP contribution < -0.4 is 10.9 Å². The van der Waals surface area contributed by atoms with Crippen LogP contribution in [-0.4, -0.2) is 58.6 Å². The molecule has 3 heterocycles. The van der Waals surface area contributed by atoms with E-state index in [1.54, 1.807) is 11.8 Å². The van der Waals surface area contributed by atoms with Crippen LogP contribution in [0.3, 0.4) is 0 Å². The van der Waals surface area contributed by atoms with Crippen LogP contribution in [0.15, 0.2) is 11.1 Å². The molecule has 3 rings (SSSR count). The number of amides is 2. The molecule has 146 valence electrons. The summed E-state index contributed by atoms with van der Waals surface area (Å²) in [6.07, 6.45) is 1.59. The van der Waals surface area contributed by atoms with E-state index in [0.29, 0.717) is 31.7 Å². The second-order valence-corrected chi connectivity index (χ2v) is 7.89. The number of fused-ring (bicyclic) bond motifs is 1. The smallest absolute Gasteiger partial charge is 0.262 e. The van der Waals surface area contributed by atoms with Crippen molar-refractivity contribution in [2.24, 2.45) is 0 Å². The number of carbonyl (C=O) groups excluding carboxylic acids is 2. The first-order valence-electron chi connectivity index (χ1n) is 8.99. The number of carbonyl (C=O) groups is 2. The van der Waals surface area contributed by atoms with Gasteiger partial charge >= 0.3 is 0 Å². The molecule has 27 heavy (non-hydrogen) atoms. The number of ether oxygens (including phenoxy) is 1. The van der Waals surface area contributed by atoms with E-state index in [2.05, 4.69) is 10.3 Å². The van der Waals surface area contributed by atoms with Crippen molar-refractivity contribution >= 4 is 33.4 Å². The molecule has 0 aromatic carbocycles. The molecule has 0 spiro atoms. The quantitative estimate of drug-likeness (QED) is 0.813. The van der Waals surface area contributed by atoms with Crippen LogP contribution in [0, 0.1) is 13.8 Å². The molecule has 0 unspecified atom stereocenters. The average molecular weight is 392 g/mol. The molecule has 1 fully saturated rings. The second kappa shape index (κ2) is 8.18. The van der Waals surface area contributed by atoms with E-state index in [1.807, 2.05) is 13.8 Å². The lowest BCUT2D eigenvalue weighted by molar-refractivity contribution is -0.139. The van der Waals surface area contributed by atoms with Gasteiger partial charge in [-0.15, -0.1) is 11.3 Å². The van der Waals surface area contributed by atoms with E-state index >= 15 is 0 Å². The fraction of sp³-hybridized carbons (Fsp3) is 0.556. The number of rotatable bonds is 5. The Morgan fingerprint density at radius 3 is 2.74 bits per heavy atom. The number of hydrogen-bond acceptors (Lipinski definition) is 6. The monoisotopic (exact) mass is 392 g/mol. The van der Waals surface area contributed by atoms with Crippen molar-refractivity contribution < 1.29 is 14.3 Å². The maximum Gasteiger partial charge on any atom is 0.262 e. The highest BCUT2D eigenvalue weighted by atomic mass is 32.1. The van der Waals surface area contributed by atoms with Crippen LogP contribution >= 0.6 is 11.3 Å². The summed E-state index contributed by atoms with van der Waals surface area (Å²) in [6, 6.07) is -0.602. The summed E-state index contributed by atoms with van der Waals surface area (Å²) in [5.41, 5.74) is 0.808. The maximum absolute atomic E-state index is 12.6. The fourth-order valence-electron chi connectivity index (χ4n) is 3.08. The van der Waals surface area contributed by atoms with E-state index in [0.717, 1.165) is 15.3 Å². The Morgan fingerprint density at radius 1 is 1.33 bits per heavy atom. The largest absolute Gasteiger partial charge is 0.378 e. The molecule has 0 aliphatic carbocycles. The number of nitrogens with zero attached hydrogens (tertiary/aromatic N) is 3. The molecule has 2 aromatic heterocycles. The fourth-order valence-corrected chi connectivity index (χ4v) is 4.07. The van der Waals surface area contributed by atoms with Gasteiger partial charge in [0.25, 0.3) is 5.56 Å². The first kappa shape index (κ1) is 19.5. The van der Waals surface area contributed by atoms with Crippen LogP contribution in [0.4, 0.5) is 0 Å². The van der Waals surface area contributed by atoms with Gasteiger partial charge in [0.15, 0.2) is 0 Å². The summed E-state index contributed by atoms with van der Waals surface area (Å²) >= 11 is 1.50. The topological polar surface area (TPSA) is 93.5 Å². The molecule has 1 aliphatic rings. The van der Waals surface area contributed by atoms with Gasteiger partial charge in [-0.3, -0.25) is 19.0 Å². The molecule has 2 aromatic rings. The molecular formula is C18H24N4O4S. The van der Waals surface area contributed by atoms with Crippen molar-refractivity contribution in [2.75, 3.05) is 26.3 Å². The highest BCUT2D eigenvalue weighted by Crippen LogP contribution is 2.25. The van der Waals surface area contributed by atoms with Crippen LogP contribution in [0.25, 0.3) is 10.2 Å². The van der Waals surface area contributed by atoms with Crippen LogP contribution in [0.5, 0.6) is 0 Å². The highest BCUT2D eigenvalue weighted by Gasteiger charge is 2.23. The van der Waals surface area contributed by atoms with E-state index in [4.69, 9.17) is 4.74 Å². The van der Waals surface area contributed by atoms with Crippen LogP contribution in [-0.2, 0) is 20.9 Å². The molecule has 1 saturated heterocycles. The lowest BCUT2D eigenvalue weighted by Gasteiger charge is -2.29. The standard InChI is InChI=1S/C18H24N4O4S/c1-11-13(3)27-16-15(11)18(25)22(10-19-16)5-4-14(23)20-12(2)17(24)21-6-8-26-9-7-21/h10,12H,4-9H2,1-3H3,(H,20,23)/t12-/m0/s1. The predicted molar refractivity (Wildman–Crippen MR) is 103 cm³/mol. The minimum atomic E-state index is -0.602. The van der Waals surface area contributed by atoms with Gasteiger partial charge in [0.05, 0.1) is 24.9 Å². The van der Waals surface area contributed by atoms with Gasteiger partial charge < -0.3 is 15.0 Å². The number of nitrogens with one attached hydrogen (secondary N) is 1. The molecule has 0 saturated carbocycles. The van der Waals surface area contributed by atoms with Crippen LogP contribution in [0.1, 0.15) is 23.8 Å². The zero-order chi connectivity index (χ0) is 19.6. The van der Waals surface area contributed by atoms with E-state index < -0.39 is 6.04 Å². The molecule has 0 radical (unpaired) electrons. The Kier molecular flexibility index (Phi) is 5.91. The molecule has 9 heteroatoms. The first-order chi connectivity index (χ1) is 12.9. The van der Waals surface area contributed by atoms with Gasteiger partial charge in [0.2, 0.25) is 11.8 Å². The number of morpholine rings is 1. The Labute approximate surface area is 161 Å². The Hall–Kier alpha value is -2.26. The number of thiophene rings is 1. The first-order valence-corrected chi connectivity index (χ1v) is 9.81. The highest BCUT2D eigenvalue weighted by molar-refractivity contribution is 7.18. The molecule has 8 nitrogen and oxygen atoms in total. The van der Waals surface area contributed by atoms with Crippen molar-refractivity contribution in [3.8, 4) is 0 Å². The number of aromatic nitrogens is 2. The third-order valence-corrected chi connectivity index (χ3v) is 5.92. The number of aryl methyl sites for hydroxylation is 3. The minimum Gasteiger partial charge on any atom is -0.378 e. The maximum atomic E-state index is 12.6. The van der Waals surface area contributed by atoms with Gasteiger partial charge in [0, 0.05) is 30.9 Å². The predicted octanol–water partition coefficient (Wildman–Crippen LogP) is 0.828. The zero-order valence-electron chi connectivity index (χ0n) is 15.8. The Bertz CT molecular complexity index is 914. The van der Waals surface area contributed by atoms with Gasteiger partial charge in [-0.25, -0.2) is 4.98 Å². The summed E-state index contributed by atoms with van der Waals surface area (Å²) in [5.74, 6) is -0.384. The minimum absolute atomic E-state index is 0.107. The SMILES string of the molecule is Cc1sc2ncn(CCC(=O)N[C@@H](C)C(=O)N3CCOCC3)c(=O)c2c1C. The third-order valence-electron chi connectivity index (χ3n) is 4.81. The van der Waals surface area contributed by atoms with Gasteiger partial charge in [0.1, 0.15) is 10.9 Å². The molecule has 2 amide bonds. The van der Waals surface area contributed by atoms with Gasteiger partial charge in [-0.05, 0) is 26.3 Å². The van der Waals surface area contributed by atoms with Crippen molar-refractivity contribution in [3.63, 3.8) is 0 Å². The summed E-state index contributed by atoms with van der Waals surface area (Å²) < 4.78 is 6.68. The second-order valence-electron chi connectivity index (χ2n) is 6.68. The van der Waals surface area contributed by atoms with E-state index in [1.165, 1.54) is 22.2 Å². The lowest BCUT2D eigenvalue weighted by atomic mass is 10.2. The van der Waals surface area contributed by atoms with Crippen LogP contribution in [0.2, 0.25) is 0 Å². The third kappa shape index (κ3) is 4.19. The van der Waals surface area contributed by atoms with E-state index in [-0.39, 0.29) is 30.3 Å². The van der Waals surface area contributed by atoms with E-state index in [9.17, 15) is 14.4 Å². The summed E-state index contributed by atoms with van der Waals surface area (Å²) in [5, 5.41) is 3.34. The Balaban J connectivity index is 1.59. The van der Waals surface area contributed by atoms with Crippen molar-refractivity contribution in [3.05, 3.63) is 27.1 Å². The molecular weight excluding hydrogens is 368 g/mol. The molecule has 1 atom stereocenters. The average Bonchev–Trinajstić information content (AvgIpc) is 2.96. The summed E-state index contributed by atoms with van der Waals surface area (Å²) in [6.45, 7) is 7.89. The lowest BCUT2D eigenvalue weighted by Crippen LogP contribution is -2.50. The zero-order valence-corrected chi connectivity index (χ0v) is 16.6. The number of hydrogen-bond donors (Lipinski definition) is 1. The summed E-state index contributed by atoms with van der Waals surface area (Å²) in [4.78, 5) is 45.0. The summed E-state index contributed by atoms with van der Waals surface area (Å²) in [7, 11) is 0. The molecule has 0 bridgehead atoms. The van der Waals surface area contributed by atoms with Gasteiger partial charge in [-0.2, -0.15) is 0 Å². The van der Waals surface area contributed by atoms with Crippen molar-refractivity contribution in [1.29, 1.82) is 0 Å². The van der Waals surface area contributed by atoms with Gasteiger partial charge in [-0.1, -0.05) is 0 Å². The molecule has 1 aliphatic heterocycles.